The van der Waals surface area contributed by atoms with E-state index in [-0.39, 0.29) is 5.56 Å². The van der Waals surface area contributed by atoms with E-state index in [0.717, 1.165) is 67.1 Å². The maximum Gasteiger partial charge on any atom is 0.251 e. The van der Waals surface area contributed by atoms with Gasteiger partial charge in [-0.2, -0.15) is 4.37 Å². The molecule has 7 heteroatoms. The van der Waals surface area contributed by atoms with Crippen molar-refractivity contribution in [3.05, 3.63) is 64.4 Å². The van der Waals surface area contributed by atoms with Crippen LogP contribution in [0.4, 0.5) is 5.82 Å². The fraction of sp³-hybridized carbons (Fsp3) is 0.385. The SMILES string of the molecule is Cc1cc2ccc(OCCCCN3CCN(c4nsc5ccccc45)CC3C)cc2[nH]c1=O. The molecule has 0 radical (unpaired) electrons. The monoisotopic (exact) mass is 462 g/mol. The van der Waals surface area contributed by atoms with Crippen LogP contribution in [0.1, 0.15) is 25.3 Å². The number of aryl methyl sites for hydroxylation is 1. The maximum atomic E-state index is 11.9. The van der Waals surface area contributed by atoms with Gasteiger partial charge in [0, 0.05) is 42.7 Å². The van der Waals surface area contributed by atoms with Crippen LogP contribution in [0.15, 0.2) is 53.3 Å². The number of H-pyrrole nitrogens is 1. The number of aromatic amines is 1. The largest absolute Gasteiger partial charge is 0.494 e. The highest BCUT2D eigenvalue weighted by molar-refractivity contribution is 7.13. The third-order valence-corrected chi connectivity index (χ3v) is 7.35. The number of hydrogen-bond donors (Lipinski definition) is 1. The van der Waals surface area contributed by atoms with Gasteiger partial charge in [0.2, 0.25) is 0 Å². The minimum Gasteiger partial charge on any atom is -0.494 e. The van der Waals surface area contributed by atoms with Crippen LogP contribution < -0.4 is 15.2 Å². The molecule has 5 rings (SSSR count). The molecule has 33 heavy (non-hydrogen) atoms. The second kappa shape index (κ2) is 9.53. The molecule has 1 aliphatic rings. The molecule has 2 aromatic carbocycles. The van der Waals surface area contributed by atoms with Gasteiger partial charge in [0.15, 0.2) is 0 Å². The predicted octanol–water partition coefficient (Wildman–Crippen LogP) is 4.82. The molecule has 1 aliphatic heterocycles. The van der Waals surface area contributed by atoms with E-state index in [1.807, 2.05) is 31.2 Å². The molecule has 6 nitrogen and oxygen atoms in total. The zero-order chi connectivity index (χ0) is 22.8. The minimum atomic E-state index is -0.0446. The molecule has 1 saturated heterocycles. The van der Waals surface area contributed by atoms with E-state index in [1.54, 1.807) is 11.5 Å². The van der Waals surface area contributed by atoms with Crippen molar-refractivity contribution in [3.63, 3.8) is 0 Å². The Morgan fingerprint density at radius 3 is 2.91 bits per heavy atom. The van der Waals surface area contributed by atoms with Crippen molar-refractivity contribution >= 4 is 38.3 Å². The minimum absolute atomic E-state index is 0.0446. The summed E-state index contributed by atoms with van der Waals surface area (Å²) in [5.74, 6) is 1.95. The molecule has 3 heterocycles. The lowest BCUT2D eigenvalue weighted by Crippen LogP contribution is -2.52. The highest BCUT2D eigenvalue weighted by atomic mass is 32.1. The number of nitrogens with one attached hydrogen (secondary N) is 1. The van der Waals surface area contributed by atoms with Crippen molar-refractivity contribution in [2.24, 2.45) is 0 Å². The van der Waals surface area contributed by atoms with Crippen LogP contribution in [0.2, 0.25) is 0 Å². The maximum absolute atomic E-state index is 11.9. The Balaban J connectivity index is 1.08. The van der Waals surface area contributed by atoms with Crippen molar-refractivity contribution < 1.29 is 4.74 Å². The van der Waals surface area contributed by atoms with Crippen molar-refractivity contribution in [1.82, 2.24) is 14.3 Å². The van der Waals surface area contributed by atoms with Gasteiger partial charge in [-0.05, 0) is 80.5 Å². The van der Waals surface area contributed by atoms with Crippen molar-refractivity contribution in [1.29, 1.82) is 0 Å². The predicted molar refractivity (Wildman–Crippen MR) is 137 cm³/mol. The summed E-state index contributed by atoms with van der Waals surface area (Å²) in [5.41, 5.74) is 1.51. The first-order valence-corrected chi connectivity index (χ1v) is 12.5. The first-order chi connectivity index (χ1) is 16.1. The van der Waals surface area contributed by atoms with Gasteiger partial charge in [-0.25, -0.2) is 0 Å². The number of rotatable bonds is 7. The Morgan fingerprint density at radius 2 is 2.03 bits per heavy atom. The summed E-state index contributed by atoms with van der Waals surface area (Å²) in [6, 6.07) is 16.8. The van der Waals surface area contributed by atoms with Crippen LogP contribution in [0.25, 0.3) is 21.0 Å². The van der Waals surface area contributed by atoms with Gasteiger partial charge < -0.3 is 14.6 Å². The summed E-state index contributed by atoms with van der Waals surface area (Å²) >= 11 is 1.59. The van der Waals surface area contributed by atoms with Gasteiger partial charge in [-0.1, -0.05) is 12.1 Å². The van der Waals surface area contributed by atoms with E-state index in [1.165, 1.54) is 10.1 Å². The molecule has 0 aliphatic carbocycles. The molecule has 1 unspecified atom stereocenters. The molecule has 172 valence electrons. The van der Waals surface area contributed by atoms with Gasteiger partial charge in [0.05, 0.1) is 16.8 Å². The molecular formula is C26H30N4O2S. The first-order valence-electron chi connectivity index (χ1n) is 11.7. The molecule has 0 bridgehead atoms. The Hall–Kier alpha value is -2.90. The van der Waals surface area contributed by atoms with Crippen LogP contribution in [0, 0.1) is 6.92 Å². The average Bonchev–Trinajstić information content (AvgIpc) is 3.25. The zero-order valence-electron chi connectivity index (χ0n) is 19.2. The second-order valence-electron chi connectivity index (χ2n) is 8.92. The van der Waals surface area contributed by atoms with Crippen LogP contribution in [0.5, 0.6) is 5.75 Å². The van der Waals surface area contributed by atoms with Gasteiger partial charge in [-0.3, -0.25) is 9.69 Å². The Morgan fingerprint density at radius 1 is 1.15 bits per heavy atom. The van der Waals surface area contributed by atoms with E-state index in [2.05, 4.69) is 46.0 Å². The lowest BCUT2D eigenvalue weighted by molar-refractivity contribution is 0.180. The van der Waals surface area contributed by atoms with Gasteiger partial charge in [0.25, 0.3) is 5.56 Å². The number of fused-ring (bicyclic) bond motifs is 2. The molecule has 1 fully saturated rings. The number of pyridine rings is 1. The number of benzene rings is 2. The van der Waals surface area contributed by atoms with E-state index < -0.39 is 0 Å². The molecular weight excluding hydrogens is 432 g/mol. The van der Waals surface area contributed by atoms with Crippen LogP contribution in [0.3, 0.4) is 0 Å². The number of ether oxygens (including phenoxy) is 1. The highest BCUT2D eigenvalue weighted by Gasteiger charge is 2.25. The summed E-state index contributed by atoms with van der Waals surface area (Å²) in [4.78, 5) is 19.8. The topological polar surface area (TPSA) is 61.5 Å². The van der Waals surface area contributed by atoms with E-state index in [9.17, 15) is 4.79 Å². The smallest absolute Gasteiger partial charge is 0.251 e. The molecule has 1 atom stereocenters. The molecule has 4 aromatic rings. The molecule has 1 N–H and O–H groups in total. The van der Waals surface area contributed by atoms with E-state index in [0.29, 0.717) is 12.6 Å². The van der Waals surface area contributed by atoms with Crippen molar-refractivity contribution in [3.8, 4) is 5.75 Å². The van der Waals surface area contributed by atoms with Gasteiger partial charge in [-0.15, -0.1) is 0 Å². The van der Waals surface area contributed by atoms with E-state index in [4.69, 9.17) is 9.11 Å². The summed E-state index contributed by atoms with van der Waals surface area (Å²) < 4.78 is 11.9. The first kappa shape index (κ1) is 21.9. The molecule has 0 amide bonds. The zero-order valence-corrected chi connectivity index (χ0v) is 20.0. The van der Waals surface area contributed by atoms with Crippen molar-refractivity contribution in [2.45, 2.75) is 32.7 Å². The number of hydrogen-bond acceptors (Lipinski definition) is 6. The Kier molecular flexibility index (Phi) is 6.33. The van der Waals surface area contributed by atoms with Crippen LogP contribution in [-0.4, -0.2) is 53.1 Å². The van der Waals surface area contributed by atoms with Crippen molar-refractivity contribution in [2.75, 3.05) is 37.7 Å². The summed E-state index contributed by atoms with van der Waals surface area (Å²) in [7, 11) is 0. The molecule has 0 saturated carbocycles. The quantitative estimate of drug-likeness (QED) is 0.399. The average molecular weight is 463 g/mol. The fourth-order valence-electron chi connectivity index (χ4n) is 4.61. The fourth-order valence-corrected chi connectivity index (χ4v) is 5.40. The summed E-state index contributed by atoms with van der Waals surface area (Å²) in [6.45, 7) is 8.99. The lowest BCUT2D eigenvalue weighted by atomic mass is 10.1. The standard InChI is InChI=1S/C26H30N4O2S/c1-18-15-20-9-10-21(16-23(20)27-26(18)31)32-14-6-5-11-29-12-13-30(17-19(29)2)25-22-7-3-4-8-24(22)33-28-25/h3-4,7-10,15-16,19H,5-6,11-14,17H2,1-2H3,(H,27,31). The van der Waals surface area contributed by atoms with Crippen LogP contribution in [-0.2, 0) is 0 Å². The number of anilines is 1. The second-order valence-corrected chi connectivity index (χ2v) is 9.72. The number of aromatic nitrogens is 2. The molecule has 0 spiro atoms. The lowest BCUT2D eigenvalue weighted by Gasteiger charge is -2.40. The molecule has 2 aromatic heterocycles. The Bertz CT molecular complexity index is 1310. The van der Waals surface area contributed by atoms with Crippen LogP contribution >= 0.6 is 11.5 Å². The van der Waals surface area contributed by atoms with Gasteiger partial charge >= 0.3 is 0 Å². The third kappa shape index (κ3) is 4.75. The number of nitrogens with zero attached hydrogens (tertiary/aromatic N) is 3. The highest BCUT2D eigenvalue weighted by Crippen LogP contribution is 2.30. The van der Waals surface area contributed by atoms with Gasteiger partial charge in [0.1, 0.15) is 11.6 Å². The number of unbranched alkanes of at least 4 members (excludes halogenated alkanes) is 1. The Labute approximate surface area is 198 Å². The third-order valence-electron chi connectivity index (χ3n) is 6.53. The van der Waals surface area contributed by atoms with E-state index >= 15 is 0 Å². The summed E-state index contributed by atoms with van der Waals surface area (Å²) in [6.07, 6.45) is 2.11. The normalized spacial score (nSPS) is 17.2. The summed E-state index contributed by atoms with van der Waals surface area (Å²) in [5, 5.41) is 2.30. The number of piperazine rings is 1.